The smallest absolute Gasteiger partial charge is 0.248 e. The minimum atomic E-state index is 0.0165. The van der Waals surface area contributed by atoms with E-state index in [2.05, 4.69) is 27.9 Å². The van der Waals surface area contributed by atoms with E-state index >= 15 is 0 Å². The Morgan fingerprint density at radius 1 is 1.45 bits per heavy atom. The molecule has 0 saturated heterocycles. The highest BCUT2D eigenvalue weighted by molar-refractivity contribution is 5.98. The van der Waals surface area contributed by atoms with Gasteiger partial charge in [0.15, 0.2) is 0 Å². The van der Waals surface area contributed by atoms with Crippen molar-refractivity contribution in [3.63, 3.8) is 0 Å². The first-order chi connectivity index (χ1) is 5.42. The molecule has 0 aliphatic carbocycles. The molecule has 0 saturated carbocycles. The third-order valence-electron chi connectivity index (χ3n) is 1.93. The Kier molecular flexibility index (Phi) is 1.77. The number of fused-ring (bicyclic) bond motifs is 1. The van der Waals surface area contributed by atoms with Gasteiger partial charge in [0.1, 0.15) is 6.23 Å². The second-order valence-corrected chi connectivity index (χ2v) is 2.81. The van der Waals surface area contributed by atoms with Crippen molar-refractivity contribution in [2.24, 2.45) is 0 Å². The van der Waals surface area contributed by atoms with Crippen LogP contribution in [0.4, 0.5) is 0 Å². The van der Waals surface area contributed by atoms with Crippen LogP contribution in [0.15, 0.2) is 24.3 Å². The molecule has 1 aromatic carbocycles. The maximum absolute atomic E-state index is 5.03. The molecule has 2 nitrogen and oxygen atoms in total. The lowest BCUT2D eigenvalue weighted by Crippen LogP contribution is -2.13. The van der Waals surface area contributed by atoms with Crippen LogP contribution >= 0.6 is 0 Å². The standard InChI is InChI=1S/C8H8NOSi/c11-10-8-7-4-2-1-3-6(7)5-9-8/h1-4,8-9H,5H2. The second kappa shape index (κ2) is 2.77. The molecule has 1 aromatic rings. The molecule has 2 rings (SSSR count). The van der Waals surface area contributed by atoms with Gasteiger partial charge in [0, 0.05) is 6.54 Å². The quantitative estimate of drug-likeness (QED) is 0.619. The van der Waals surface area contributed by atoms with Gasteiger partial charge in [0.2, 0.25) is 10.5 Å². The molecule has 1 aliphatic rings. The molecule has 1 N–H and O–H groups in total. The zero-order valence-corrected chi connectivity index (χ0v) is 7.00. The van der Waals surface area contributed by atoms with E-state index in [1.807, 2.05) is 12.1 Å². The molecule has 1 heterocycles. The van der Waals surface area contributed by atoms with Crippen LogP contribution in [0.2, 0.25) is 0 Å². The molecule has 55 valence electrons. The first-order valence-corrected chi connectivity index (χ1v) is 3.96. The van der Waals surface area contributed by atoms with Crippen molar-refractivity contribution in [3.8, 4) is 0 Å². The minimum Gasteiger partial charge on any atom is -0.400 e. The number of benzene rings is 1. The van der Waals surface area contributed by atoms with Gasteiger partial charge in [0.05, 0.1) is 0 Å². The van der Waals surface area contributed by atoms with Crippen LogP contribution in [0.25, 0.3) is 0 Å². The summed E-state index contributed by atoms with van der Waals surface area (Å²) in [5, 5.41) is 3.20. The predicted octanol–water partition coefficient (Wildman–Crippen LogP) is 0.888. The third kappa shape index (κ3) is 1.11. The van der Waals surface area contributed by atoms with Gasteiger partial charge >= 0.3 is 0 Å². The zero-order valence-electron chi connectivity index (χ0n) is 6.00. The molecule has 3 radical (unpaired) electrons. The number of hydrogen-bond donors (Lipinski definition) is 1. The maximum atomic E-state index is 5.03. The zero-order chi connectivity index (χ0) is 7.68. The summed E-state index contributed by atoms with van der Waals surface area (Å²) in [6.45, 7) is 0.894. The van der Waals surface area contributed by atoms with Gasteiger partial charge in [-0.3, -0.25) is 5.32 Å². The molecule has 1 atom stereocenters. The van der Waals surface area contributed by atoms with Gasteiger partial charge in [-0.25, -0.2) is 0 Å². The van der Waals surface area contributed by atoms with E-state index in [-0.39, 0.29) is 6.23 Å². The van der Waals surface area contributed by atoms with E-state index in [1.165, 1.54) is 11.1 Å². The third-order valence-corrected chi connectivity index (χ3v) is 2.17. The predicted molar refractivity (Wildman–Crippen MR) is 42.9 cm³/mol. The topological polar surface area (TPSA) is 21.3 Å². The Labute approximate surface area is 69.1 Å². The molecule has 0 bridgehead atoms. The van der Waals surface area contributed by atoms with Crippen molar-refractivity contribution in [2.75, 3.05) is 0 Å². The average Bonchev–Trinajstić information content (AvgIpc) is 2.47. The van der Waals surface area contributed by atoms with Gasteiger partial charge in [-0.05, 0) is 11.1 Å². The molecule has 0 amide bonds. The summed E-state index contributed by atoms with van der Waals surface area (Å²) < 4.78 is 5.03. The van der Waals surface area contributed by atoms with E-state index < -0.39 is 0 Å². The summed E-state index contributed by atoms with van der Waals surface area (Å²) in [5.74, 6) is 0. The van der Waals surface area contributed by atoms with E-state index in [1.54, 1.807) is 0 Å². The van der Waals surface area contributed by atoms with E-state index in [9.17, 15) is 0 Å². The van der Waals surface area contributed by atoms with Gasteiger partial charge in [-0.15, -0.1) is 0 Å². The largest absolute Gasteiger partial charge is 0.400 e. The number of hydrogen-bond acceptors (Lipinski definition) is 2. The van der Waals surface area contributed by atoms with Crippen molar-refractivity contribution < 1.29 is 4.43 Å². The Hall–Kier alpha value is -0.643. The summed E-state index contributed by atoms with van der Waals surface area (Å²) in [6, 6.07) is 8.23. The van der Waals surface area contributed by atoms with Gasteiger partial charge in [-0.2, -0.15) is 0 Å². The Morgan fingerprint density at radius 2 is 2.27 bits per heavy atom. The van der Waals surface area contributed by atoms with E-state index in [0.29, 0.717) is 0 Å². The van der Waals surface area contributed by atoms with Crippen LogP contribution in [0, 0.1) is 0 Å². The number of nitrogens with one attached hydrogen (secondary N) is 1. The lowest BCUT2D eigenvalue weighted by Gasteiger charge is -2.08. The monoisotopic (exact) mass is 162 g/mol. The molecule has 11 heavy (non-hydrogen) atoms. The highest BCUT2D eigenvalue weighted by atomic mass is 28.2. The SMILES string of the molecule is [Si]OC1NCc2ccccc21. The molecule has 0 aromatic heterocycles. The highest BCUT2D eigenvalue weighted by Gasteiger charge is 2.19. The molecule has 0 fully saturated rings. The van der Waals surface area contributed by atoms with E-state index in [4.69, 9.17) is 4.43 Å². The Morgan fingerprint density at radius 3 is 3.09 bits per heavy atom. The van der Waals surface area contributed by atoms with Crippen LogP contribution in [-0.2, 0) is 11.0 Å². The minimum absolute atomic E-state index is 0.0165. The van der Waals surface area contributed by atoms with Crippen molar-refractivity contribution in [1.82, 2.24) is 5.32 Å². The first kappa shape index (κ1) is 7.03. The second-order valence-electron chi connectivity index (χ2n) is 2.58. The summed E-state index contributed by atoms with van der Waals surface area (Å²) in [7, 11) is 3.03. The normalized spacial score (nSPS) is 21.7. The van der Waals surface area contributed by atoms with E-state index in [0.717, 1.165) is 6.54 Å². The fraction of sp³-hybridized carbons (Fsp3) is 0.250. The lowest BCUT2D eigenvalue weighted by atomic mass is 10.1. The van der Waals surface area contributed by atoms with Crippen LogP contribution < -0.4 is 5.32 Å². The van der Waals surface area contributed by atoms with Crippen LogP contribution in [0.1, 0.15) is 17.4 Å². The number of rotatable bonds is 1. The maximum Gasteiger partial charge on any atom is 0.248 e. The van der Waals surface area contributed by atoms with Crippen LogP contribution in [0.5, 0.6) is 0 Å². The molecule has 0 spiro atoms. The van der Waals surface area contributed by atoms with Crippen molar-refractivity contribution in [2.45, 2.75) is 12.8 Å². The van der Waals surface area contributed by atoms with Gasteiger partial charge in [-0.1, -0.05) is 24.3 Å². The molecule has 1 aliphatic heterocycles. The molecular weight excluding hydrogens is 154 g/mol. The van der Waals surface area contributed by atoms with Crippen molar-refractivity contribution in [3.05, 3.63) is 35.4 Å². The summed E-state index contributed by atoms with van der Waals surface area (Å²) >= 11 is 0. The molecular formula is C8H8NOSi. The Balaban J connectivity index is 2.39. The summed E-state index contributed by atoms with van der Waals surface area (Å²) in [5.41, 5.74) is 2.54. The van der Waals surface area contributed by atoms with Crippen LogP contribution in [0.3, 0.4) is 0 Å². The summed E-state index contributed by atoms with van der Waals surface area (Å²) in [4.78, 5) is 0. The lowest BCUT2D eigenvalue weighted by molar-refractivity contribution is 0.197. The molecule has 1 unspecified atom stereocenters. The summed E-state index contributed by atoms with van der Waals surface area (Å²) in [6.07, 6.45) is 0.0165. The fourth-order valence-corrected chi connectivity index (χ4v) is 1.58. The fourth-order valence-electron chi connectivity index (χ4n) is 1.37. The van der Waals surface area contributed by atoms with Crippen molar-refractivity contribution >= 4 is 10.5 Å². The average molecular weight is 162 g/mol. The Bertz CT molecular complexity index is 264. The van der Waals surface area contributed by atoms with Crippen LogP contribution in [-0.4, -0.2) is 10.5 Å². The molecule has 3 heteroatoms. The van der Waals surface area contributed by atoms with Gasteiger partial charge in [0.25, 0.3) is 0 Å². The van der Waals surface area contributed by atoms with Gasteiger partial charge < -0.3 is 4.43 Å². The highest BCUT2D eigenvalue weighted by Crippen LogP contribution is 2.24. The first-order valence-electron chi connectivity index (χ1n) is 3.55. The van der Waals surface area contributed by atoms with Crippen molar-refractivity contribution in [1.29, 1.82) is 0 Å².